The first-order valence-electron chi connectivity index (χ1n) is 7.56. The van der Waals surface area contributed by atoms with E-state index >= 15 is 0 Å². The van der Waals surface area contributed by atoms with Gasteiger partial charge in [-0.2, -0.15) is 5.26 Å². The number of ether oxygens (including phenoxy) is 1. The van der Waals surface area contributed by atoms with Crippen molar-refractivity contribution in [2.45, 2.75) is 27.2 Å². The summed E-state index contributed by atoms with van der Waals surface area (Å²) in [7, 11) is 0. The molecule has 0 aliphatic carbocycles. The fourth-order valence-electron chi connectivity index (χ4n) is 3.06. The van der Waals surface area contributed by atoms with Gasteiger partial charge in [-0.15, -0.1) is 0 Å². The fourth-order valence-corrected chi connectivity index (χ4v) is 3.06. The van der Waals surface area contributed by atoms with Crippen molar-refractivity contribution in [2.75, 3.05) is 24.6 Å². The molecule has 0 saturated carbocycles. The normalized spacial score (nSPS) is 21.0. The second kappa shape index (κ2) is 6.35. The minimum absolute atomic E-state index is 0.127. The Morgan fingerprint density at radius 1 is 1.55 bits per heavy atom. The highest BCUT2D eigenvalue weighted by molar-refractivity contribution is 5.79. The summed E-state index contributed by atoms with van der Waals surface area (Å²) in [5.41, 5.74) is 0.399. The Kier molecular flexibility index (Phi) is 4.70. The molecule has 0 N–H and O–H groups in total. The first-order chi connectivity index (χ1) is 10.4. The predicted octanol–water partition coefficient (Wildman–Crippen LogP) is 3.11. The standard InChI is InChI=1S/C17H21FN2O2/c1-4-22-16(21)17(12(2)3)7-8-20(11-17)15-6-5-14(18)9-13(15)10-19/h5-6,9,12H,4,7-8,11H2,1-3H3. The Bertz CT molecular complexity index is 609. The zero-order valence-corrected chi connectivity index (χ0v) is 13.2. The van der Waals surface area contributed by atoms with Crippen LogP contribution in [0.2, 0.25) is 0 Å². The van der Waals surface area contributed by atoms with Crippen LogP contribution in [0.3, 0.4) is 0 Å². The van der Waals surface area contributed by atoms with Crippen LogP contribution < -0.4 is 4.90 Å². The summed E-state index contributed by atoms with van der Waals surface area (Å²) in [4.78, 5) is 14.4. The van der Waals surface area contributed by atoms with E-state index in [9.17, 15) is 14.4 Å². The minimum atomic E-state index is -0.572. The zero-order chi connectivity index (χ0) is 16.3. The second-order valence-corrected chi connectivity index (χ2v) is 5.98. The summed E-state index contributed by atoms with van der Waals surface area (Å²) in [6.07, 6.45) is 0.672. The van der Waals surface area contributed by atoms with Crippen LogP contribution in [-0.4, -0.2) is 25.7 Å². The van der Waals surface area contributed by atoms with Gasteiger partial charge in [0.1, 0.15) is 11.9 Å². The largest absolute Gasteiger partial charge is 0.466 e. The van der Waals surface area contributed by atoms with E-state index in [0.717, 1.165) is 0 Å². The molecule has 4 nitrogen and oxygen atoms in total. The van der Waals surface area contributed by atoms with Gasteiger partial charge in [-0.25, -0.2) is 4.39 Å². The van der Waals surface area contributed by atoms with Gasteiger partial charge in [-0.3, -0.25) is 4.79 Å². The van der Waals surface area contributed by atoms with E-state index in [4.69, 9.17) is 4.74 Å². The van der Waals surface area contributed by atoms with Crippen LogP contribution in [0.15, 0.2) is 18.2 Å². The van der Waals surface area contributed by atoms with Crippen molar-refractivity contribution < 1.29 is 13.9 Å². The highest BCUT2D eigenvalue weighted by atomic mass is 19.1. The Morgan fingerprint density at radius 2 is 2.27 bits per heavy atom. The molecule has 0 amide bonds. The summed E-state index contributed by atoms with van der Waals surface area (Å²) < 4.78 is 18.5. The third kappa shape index (κ3) is 2.78. The second-order valence-electron chi connectivity index (χ2n) is 5.98. The molecule has 1 aromatic carbocycles. The lowest BCUT2D eigenvalue weighted by Crippen LogP contribution is -2.40. The number of rotatable bonds is 4. The Hall–Kier alpha value is -2.09. The van der Waals surface area contributed by atoms with Crippen LogP contribution in [0.1, 0.15) is 32.8 Å². The molecule has 1 aliphatic heterocycles. The molecule has 2 rings (SSSR count). The van der Waals surface area contributed by atoms with Crippen LogP contribution in [0.25, 0.3) is 0 Å². The highest BCUT2D eigenvalue weighted by Gasteiger charge is 2.48. The molecular weight excluding hydrogens is 283 g/mol. The molecule has 118 valence electrons. The summed E-state index contributed by atoms with van der Waals surface area (Å²) >= 11 is 0. The number of carbonyl (C=O) groups is 1. The molecule has 1 fully saturated rings. The van der Waals surface area contributed by atoms with Crippen molar-refractivity contribution in [1.29, 1.82) is 5.26 Å². The van der Waals surface area contributed by atoms with E-state index in [1.54, 1.807) is 13.0 Å². The number of carbonyl (C=O) groups excluding carboxylic acids is 1. The number of benzene rings is 1. The van der Waals surface area contributed by atoms with Crippen LogP contribution in [0, 0.1) is 28.5 Å². The van der Waals surface area contributed by atoms with Gasteiger partial charge in [0.15, 0.2) is 0 Å². The Morgan fingerprint density at radius 3 is 2.86 bits per heavy atom. The first-order valence-corrected chi connectivity index (χ1v) is 7.56. The van der Waals surface area contributed by atoms with Gasteiger partial charge in [0.05, 0.1) is 23.3 Å². The number of nitriles is 1. The zero-order valence-electron chi connectivity index (χ0n) is 13.2. The number of hydrogen-bond acceptors (Lipinski definition) is 4. The van der Waals surface area contributed by atoms with Gasteiger partial charge >= 0.3 is 5.97 Å². The lowest BCUT2D eigenvalue weighted by molar-refractivity contribution is -0.156. The number of halogens is 1. The number of hydrogen-bond donors (Lipinski definition) is 0. The maximum atomic E-state index is 13.3. The molecule has 1 unspecified atom stereocenters. The summed E-state index contributed by atoms with van der Waals surface area (Å²) in [5, 5.41) is 9.20. The number of esters is 1. The smallest absolute Gasteiger partial charge is 0.314 e. The topological polar surface area (TPSA) is 53.3 Å². The van der Waals surface area contributed by atoms with E-state index in [1.807, 2.05) is 24.8 Å². The maximum Gasteiger partial charge on any atom is 0.314 e. The van der Waals surface area contributed by atoms with E-state index < -0.39 is 11.2 Å². The third-order valence-corrected chi connectivity index (χ3v) is 4.51. The number of nitrogens with zero attached hydrogens (tertiary/aromatic N) is 2. The minimum Gasteiger partial charge on any atom is -0.466 e. The van der Waals surface area contributed by atoms with Gasteiger partial charge in [0, 0.05) is 13.1 Å². The lowest BCUT2D eigenvalue weighted by Gasteiger charge is -2.31. The van der Waals surface area contributed by atoms with Crippen molar-refractivity contribution in [3.63, 3.8) is 0 Å². The molecule has 1 heterocycles. The van der Waals surface area contributed by atoms with E-state index in [-0.39, 0.29) is 11.9 Å². The summed E-state index contributed by atoms with van der Waals surface area (Å²) in [5.74, 6) is -0.490. The van der Waals surface area contributed by atoms with E-state index in [1.165, 1.54) is 12.1 Å². The van der Waals surface area contributed by atoms with Crippen LogP contribution in [0.4, 0.5) is 10.1 Å². The predicted molar refractivity (Wildman–Crippen MR) is 81.8 cm³/mol. The quantitative estimate of drug-likeness (QED) is 0.802. The lowest BCUT2D eigenvalue weighted by atomic mass is 9.76. The van der Waals surface area contributed by atoms with Crippen molar-refractivity contribution in [3.05, 3.63) is 29.6 Å². The average molecular weight is 304 g/mol. The van der Waals surface area contributed by atoms with Crippen LogP contribution in [-0.2, 0) is 9.53 Å². The maximum absolute atomic E-state index is 13.3. The monoisotopic (exact) mass is 304 g/mol. The molecule has 0 aromatic heterocycles. The molecule has 1 aliphatic rings. The molecule has 0 bridgehead atoms. The van der Waals surface area contributed by atoms with Gasteiger partial charge < -0.3 is 9.64 Å². The van der Waals surface area contributed by atoms with Crippen molar-refractivity contribution in [3.8, 4) is 6.07 Å². The third-order valence-electron chi connectivity index (χ3n) is 4.51. The first kappa shape index (κ1) is 16.3. The summed E-state index contributed by atoms with van der Waals surface area (Å²) in [6, 6.07) is 6.21. The van der Waals surface area contributed by atoms with Crippen LogP contribution in [0.5, 0.6) is 0 Å². The molecule has 0 radical (unpaired) electrons. The van der Waals surface area contributed by atoms with Crippen LogP contribution >= 0.6 is 0 Å². The SMILES string of the molecule is CCOC(=O)C1(C(C)C)CCN(c2ccc(F)cc2C#N)C1. The Balaban J connectivity index is 2.31. The van der Waals surface area contributed by atoms with Crippen molar-refractivity contribution >= 4 is 11.7 Å². The van der Waals surface area contributed by atoms with E-state index in [2.05, 4.69) is 0 Å². The molecule has 1 saturated heterocycles. The molecule has 1 atom stereocenters. The van der Waals surface area contributed by atoms with Gasteiger partial charge in [-0.05, 0) is 37.5 Å². The Labute approximate surface area is 130 Å². The molecule has 22 heavy (non-hydrogen) atoms. The van der Waals surface area contributed by atoms with Gasteiger partial charge in [-0.1, -0.05) is 13.8 Å². The molecule has 1 aromatic rings. The average Bonchev–Trinajstić information content (AvgIpc) is 2.93. The van der Waals surface area contributed by atoms with E-state index in [0.29, 0.717) is 37.4 Å². The molecular formula is C17H21FN2O2. The van der Waals surface area contributed by atoms with Gasteiger partial charge in [0.25, 0.3) is 0 Å². The van der Waals surface area contributed by atoms with Gasteiger partial charge in [0.2, 0.25) is 0 Å². The molecule has 5 heteroatoms. The molecule has 0 spiro atoms. The van der Waals surface area contributed by atoms with Crippen molar-refractivity contribution in [1.82, 2.24) is 0 Å². The number of anilines is 1. The summed E-state index contributed by atoms with van der Waals surface area (Å²) in [6.45, 7) is 7.31. The highest BCUT2D eigenvalue weighted by Crippen LogP contribution is 2.41. The van der Waals surface area contributed by atoms with Crippen molar-refractivity contribution in [2.24, 2.45) is 11.3 Å². The fraction of sp³-hybridized carbons (Fsp3) is 0.529.